The van der Waals surface area contributed by atoms with Crippen molar-refractivity contribution in [3.05, 3.63) is 101 Å². The Morgan fingerprint density at radius 2 is 1.52 bits per heavy atom. The van der Waals surface area contributed by atoms with E-state index in [9.17, 15) is 5.11 Å². The molecule has 3 aromatic rings. The molecule has 0 amide bonds. The molecule has 0 aromatic heterocycles. The van der Waals surface area contributed by atoms with Crippen molar-refractivity contribution < 1.29 is 9.84 Å². The van der Waals surface area contributed by atoms with Crippen molar-refractivity contribution in [2.75, 3.05) is 0 Å². The molecule has 0 spiro atoms. The van der Waals surface area contributed by atoms with Crippen LogP contribution < -0.4 is 4.74 Å². The first-order valence-electron chi connectivity index (χ1n) is 7.42. The Morgan fingerprint density at radius 3 is 2.26 bits per heavy atom. The third-order valence-corrected chi connectivity index (χ3v) is 3.82. The van der Waals surface area contributed by atoms with E-state index in [1.54, 1.807) is 12.1 Å². The summed E-state index contributed by atoms with van der Waals surface area (Å²) in [7, 11) is 0. The lowest BCUT2D eigenvalue weighted by atomic mass is 10.0. The number of ether oxygens (including phenoxy) is 1. The summed E-state index contributed by atoms with van der Waals surface area (Å²) in [6.07, 6.45) is -0.728. The third kappa shape index (κ3) is 4.13. The average molecular weight is 325 g/mol. The van der Waals surface area contributed by atoms with Gasteiger partial charge in [-0.2, -0.15) is 0 Å². The lowest BCUT2D eigenvalue weighted by molar-refractivity contribution is 0.219. The van der Waals surface area contributed by atoms with Gasteiger partial charge in [0.2, 0.25) is 0 Å². The number of rotatable bonds is 5. The topological polar surface area (TPSA) is 29.5 Å². The van der Waals surface area contributed by atoms with E-state index < -0.39 is 6.10 Å². The van der Waals surface area contributed by atoms with Crippen molar-refractivity contribution in [3.63, 3.8) is 0 Å². The SMILES string of the molecule is O[C@H](c1cccc(Cl)c1)c1cccc(OCc2ccccc2)c1. The van der Waals surface area contributed by atoms with Gasteiger partial charge in [0.15, 0.2) is 0 Å². The van der Waals surface area contributed by atoms with E-state index in [4.69, 9.17) is 16.3 Å². The first-order chi connectivity index (χ1) is 11.2. The van der Waals surface area contributed by atoms with Gasteiger partial charge in [-0.15, -0.1) is 0 Å². The Labute approximate surface area is 140 Å². The fraction of sp³-hybridized carbons (Fsp3) is 0.100. The van der Waals surface area contributed by atoms with Crippen molar-refractivity contribution in [2.24, 2.45) is 0 Å². The van der Waals surface area contributed by atoms with Gasteiger partial charge in [-0.25, -0.2) is 0 Å². The highest BCUT2D eigenvalue weighted by Gasteiger charge is 2.11. The van der Waals surface area contributed by atoms with Crippen LogP contribution in [0, 0.1) is 0 Å². The predicted octanol–water partition coefficient (Wildman–Crippen LogP) is 5.00. The van der Waals surface area contributed by atoms with Gasteiger partial charge >= 0.3 is 0 Å². The van der Waals surface area contributed by atoms with E-state index in [1.807, 2.05) is 66.7 Å². The molecule has 0 saturated carbocycles. The lowest BCUT2D eigenvalue weighted by Gasteiger charge is -2.14. The van der Waals surface area contributed by atoms with Gasteiger partial charge in [-0.05, 0) is 41.0 Å². The Hall–Kier alpha value is -2.29. The molecule has 23 heavy (non-hydrogen) atoms. The minimum Gasteiger partial charge on any atom is -0.489 e. The summed E-state index contributed by atoms with van der Waals surface area (Å²) in [5.74, 6) is 0.729. The number of benzene rings is 3. The summed E-state index contributed by atoms with van der Waals surface area (Å²) < 4.78 is 5.81. The van der Waals surface area contributed by atoms with Crippen LogP contribution in [0.3, 0.4) is 0 Å². The molecule has 1 N–H and O–H groups in total. The standard InChI is InChI=1S/C20H17ClO2/c21-18-10-4-8-16(12-18)20(22)17-9-5-11-19(13-17)23-14-15-6-2-1-3-7-15/h1-13,20,22H,14H2/t20-/m1/s1. The zero-order valence-corrected chi connectivity index (χ0v) is 13.3. The summed E-state index contributed by atoms with van der Waals surface area (Å²) in [5, 5.41) is 11.1. The number of hydrogen-bond acceptors (Lipinski definition) is 2. The van der Waals surface area contributed by atoms with Gasteiger partial charge in [-0.1, -0.05) is 66.2 Å². The normalized spacial score (nSPS) is 11.9. The van der Waals surface area contributed by atoms with Crippen molar-refractivity contribution in [3.8, 4) is 5.75 Å². The van der Waals surface area contributed by atoms with Crippen LogP contribution in [0.1, 0.15) is 22.8 Å². The molecule has 0 aliphatic heterocycles. The maximum absolute atomic E-state index is 10.5. The van der Waals surface area contributed by atoms with Crippen LogP contribution in [0.2, 0.25) is 5.02 Å². The maximum Gasteiger partial charge on any atom is 0.120 e. The van der Waals surface area contributed by atoms with Gasteiger partial charge in [0.05, 0.1) is 0 Å². The number of aliphatic hydroxyl groups excluding tert-OH is 1. The van der Waals surface area contributed by atoms with E-state index >= 15 is 0 Å². The second kappa shape index (κ2) is 7.32. The van der Waals surface area contributed by atoms with Gasteiger partial charge in [0, 0.05) is 5.02 Å². The van der Waals surface area contributed by atoms with Gasteiger partial charge < -0.3 is 9.84 Å². The summed E-state index contributed by atoms with van der Waals surface area (Å²) in [5.41, 5.74) is 2.64. The van der Waals surface area contributed by atoms with Crippen LogP contribution in [0.4, 0.5) is 0 Å². The quantitative estimate of drug-likeness (QED) is 0.715. The van der Waals surface area contributed by atoms with E-state index in [-0.39, 0.29) is 0 Å². The summed E-state index contributed by atoms with van der Waals surface area (Å²) in [6, 6.07) is 24.7. The molecular formula is C20H17ClO2. The Bertz CT molecular complexity index is 771. The van der Waals surface area contributed by atoms with Gasteiger partial charge in [0.1, 0.15) is 18.5 Å². The van der Waals surface area contributed by atoms with Crippen LogP contribution in [0.15, 0.2) is 78.9 Å². The molecule has 0 fully saturated rings. The van der Waals surface area contributed by atoms with Crippen molar-refractivity contribution in [2.45, 2.75) is 12.7 Å². The van der Waals surface area contributed by atoms with Crippen LogP contribution in [-0.4, -0.2) is 5.11 Å². The molecule has 0 radical (unpaired) electrons. The van der Waals surface area contributed by atoms with Gasteiger partial charge in [0.25, 0.3) is 0 Å². The smallest absolute Gasteiger partial charge is 0.120 e. The molecule has 3 heteroatoms. The number of hydrogen-bond donors (Lipinski definition) is 1. The molecular weight excluding hydrogens is 308 g/mol. The molecule has 3 aromatic carbocycles. The largest absolute Gasteiger partial charge is 0.489 e. The molecule has 2 nitrogen and oxygen atoms in total. The van der Waals surface area contributed by atoms with Crippen LogP contribution in [0.25, 0.3) is 0 Å². The molecule has 116 valence electrons. The molecule has 0 unspecified atom stereocenters. The van der Waals surface area contributed by atoms with Crippen LogP contribution >= 0.6 is 11.6 Å². The van der Waals surface area contributed by atoms with E-state index in [0.717, 1.165) is 22.4 Å². The van der Waals surface area contributed by atoms with E-state index in [0.29, 0.717) is 11.6 Å². The molecule has 0 aliphatic carbocycles. The van der Waals surface area contributed by atoms with E-state index in [2.05, 4.69) is 0 Å². The van der Waals surface area contributed by atoms with Crippen molar-refractivity contribution in [1.29, 1.82) is 0 Å². The Balaban J connectivity index is 1.74. The molecule has 1 atom stereocenters. The zero-order valence-electron chi connectivity index (χ0n) is 12.5. The summed E-state index contributed by atoms with van der Waals surface area (Å²) in [4.78, 5) is 0. The average Bonchev–Trinajstić information content (AvgIpc) is 2.60. The molecule has 3 rings (SSSR count). The van der Waals surface area contributed by atoms with Crippen molar-refractivity contribution >= 4 is 11.6 Å². The minimum absolute atomic E-state index is 0.498. The Morgan fingerprint density at radius 1 is 0.826 bits per heavy atom. The minimum atomic E-state index is -0.728. The highest BCUT2D eigenvalue weighted by molar-refractivity contribution is 6.30. The highest BCUT2D eigenvalue weighted by Crippen LogP contribution is 2.27. The monoisotopic (exact) mass is 324 g/mol. The maximum atomic E-state index is 10.5. The summed E-state index contributed by atoms with van der Waals surface area (Å²) in [6.45, 7) is 0.498. The Kier molecular flexibility index (Phi) is 4.96. The van der Waals surface area contributed by atoms with Crippen LogP contribution in [-0.2, 0) is 6.61 Å². The van der Waals surface area contributed by atoms with E-state index in [1.165, 1.54) is 0 Å². The lowest BCUT2D eigenvalue weighted by Crippen LogP contribution is -2.01. The number of aliphatic hydroxyl groups is 1. The second-order valence-corrected chi connectivity index (χ2v) is 5.74. The second-order valence-electron chi connectivity index (χ2n) is 5.30. The first kappa shape index (κ1) is 15.6. The third-order valence-electron chi connectivity index (χ3n) is 3.59. The molecule has 0 heterocycles. The fourth-order valence-electron chi connectivity index (χ4n) is 2.38. The molecule has 0 bridgehead atoms. The highest BCUT2D eigenvalue weighted by atomic mass is 35.5. The first-order valence-corrected chi connectivity index (χ1v) is 7.80. The van der Waals surface area contributed by atoms with Crippen molar-refractivity contribution in [1.82, 2.24) is 0 Å². The van der Waals surface area contributed by atoms with Crippen LogP contribution in [0.5, 0.6) is 5.75 Å². The van der Waals surface area contributed by atoms with Gasteiger partial charge in [-0.3, -0.25) is 0 Å². The molecule has 0 saturated heterocycles. The summed E-state index contributed by atoms with van der Waals surface area (Å²) >= 11 is 5.99. The predicted molar refractivity (Wildman–Crippen MR) is 92.7 cm³/mol. The molecule has 0 aliphatic rings. The zero-order chi connectivity index (χ0) is 16.1. The number of halogens is 1. The fourth-order valence-corrected chi connectivity index (χ4v) is 2.58.